The summed E-state index contributed by atoms with van der Waals surface area (Å²) in [6.45, 7) is 5.31. The van der Waals surface area contributed by atoms with Gasteiger partial charge in [-0.1, -0.05) is 36.9 Å². The van der Waals surface area contributed by atoms with Crippen molar-refractivity contribution in [3.05, 3.63) is 40.4 Å². The number of nitrogens with one attached hydrogen (secondary N) is 1. The molecule has 1 aromatic heterocycles. The summed E-state index contributed by atoms with van der Waals surface area (Å²) in [6, 6.07) is 8.36. The molecule has 0 aliphatic carbocycles. The molecule has 5 heteroatoms. The second-order valence-corrected chi connectivity index (χ2v) is 5.78. The van der Waals surface area contributed by atoms with Crippen molar-refractivity contribution in [1.29, 1.82) is 0 Å². The van der Waals surface area contributed by atoms with Gasteiger partial charge in [0.25, 0.3) is 0 Å². The van der Waals surface area contributed by atoms with Crippen molar-refractivity contribution >= 4 is 11.5 Å². The number of rotatable bonds is 8. The Morgan fingerprint density at radius 3 is 2.86 bits per heavy atom. The average Bonchev–Trinajstić information content (AvgIpc) is 2.97. The van der Waals surface area contributed by atoms with Crippen LogP contribution in [0, 0.1) is 0 Å². The molecule has 1 N–H and O–H groups in total. The number of ether oxygens (including phenoxy) is 1. The Labute approximate surface area is 130 Å². The number of methoxy groups -OCH3 is 1. The Morgan fingerprint density at radius 2 is 2.14 bits per heavy atom. The molecule has 1 aromatic carbocycles. The minimum Gasteiger partial charge on any atom is -0.497 e. The van der Waals surface area contributed by atoms with Crippen LogP contribution in [0.1, 0.15) is 48.9 Å². The Bertz CT molecular complexity index is 556. The summed E-state index contributed by atoms with van der Waals surface area (Å²) in [4.78, 5) is 1.22. The molecule has 1 atom stereocenters. The summed E-state index contributed by atoms with van der Waals surface area (Å²) in [5, 5.41) is 7.91. The van der Waals surface area contributed by atoms with Crippen molar-refractivity contribution in [3.63, 3.8) is 0 Å². The van der Waals surface area contributed by atoms with E-state index >= 15 is 0 Å². The van der Waals surface area contributed by atoms with Crippen molar-refractivity contribution in [1.82, 2.24) is 14.9 Å². The van der Waals surface area contributed by atoms with Gasteiger partial charge in [-0.3, -0.25) is 0 Å². The zero-order valence-electron chi connectivity index (χ0n) is 12.9. The first-order chi connectivity index (χ1) is 10.3. The topological polar surface area (TPSA) is 47.0 Å². The normalized spacial score (nSPS) is 12.3. The number of benzene rings is 1. The number of hydrogen-bond acceptors (Lipinski definition) is 5. The van der Waals surface area contributed by atoms with Crippen LogP contribution in [0.2, 0.25) is 0 Å². The molecule has 0 aliphatic rings. The standard InChI is InChI=1S/C16H23N3OS/c1-4-7-14-16(21-19-18-14)15(17-10-5-2)12-8-6-9-13(11-12)20-3/h6,8-9,11,15,17H,4-5,7,10H2,1-3H3. The highest BCUT2D eigenvalue weighted by Gasteiger charge is 2.20. The number of hydrogen-bond donors (Lipinski definition) is 1. The van der Waals surface area contributed by atoms with Gasteiger partial charge >= 0.3 is 0 Å². The SMILES string of the molecule is CCCNC(c1cccc(OC)c1)c1snnc1CCC. The highest BCUT2D eigenvalue weighted by Crippen LogP contribution is 2.29. The molecule has 0 amide bonds. The molecule has 2 aromatic rings. The lowest BCUT2D eigenvalue weighted by Gasteiger charge is -2.19. The zero-order chi connectivity index (χ0) is 15.1. The maximum absolute atomic E-state index is 5.35. The second-order valence-electron chi connectivity index (χ2n) is 5.00. The van der Waals surface area contributed by atoms with Crippen LogP contribution in [0.15, 0.2) is 24.3 Å². The van der Waals surface area contributed by atoms with E-state index in [2.05, 4.69) is 40.9 Å². The van der Waals surface area contributed by atoms with Crippen molar-refractivity contribution in [2.24, 2.45) is 0 Å². The minimum absolute atomic E-state index is 0.140. The maximum atomic E-state index is 5.35. The summed E-state index contributed by atoms with van der Waals surface area (Å²) < 4.78 is 9.51. The monoisotopic (exact) mass is 305 g/mol. The zero-order valence-corrected chi connectivity index (χ0v) is 13.7. The van der Waals surface area contributed by atoms with Gasteiger partial charge in [-0.15, -0.1) is 5.10 Å². The molecule has 0 saturated carbocycles. The largest absolute Gasteiger partial charge is 0.497 e. The first-order valence-electron chi connectivity index (χ1n) is 7.48. The molecule has 2 rings (SSSR count). The second kappa shape index (κ2) is 8.10. The van der Waals surface area contributed by atoms with E-state index in [1.54, 1.807) is 7.11 Å². The van der Waals surface area contributed by atoms with E-state index in [-0.39, 0.29) is 6.04 Å². The van der Waals surface area contributed by atoms with Gasteiger partial charge in [0.2, 0.25) is 0 Å². The first kappa shape index (κ1) is 15.9. The molecule has 114 valence electrons. The van der Waals surface area contributed by atoms with Gasteiger partial charge in [0, 0.05) is 0 Å². The molecule has 1 unspecified atom stereocenters. The average molecular weight is 305 g/mol. The van der Waals surface area contributed by atoms with Crippen molar-refractivity contribution in [3.8, 4) is 5.75 Å². The lowest BCUT2D eigenvalue weighted by atomic mass is 10.0. The fourth-order valence-electron chi connectivity index (χ4n) is 2.32. The van der Waals surface area contributed by atoms with Crippen LogP contribution in [-0.2, 0) is 6.42 Å². The van der Waals surface area contributed by atoms with Crippen LogP contribution in [0.5, 0.6) is 5.75 Å². The third-order valence-electron chi connectivity index (χ3n) is 3.36. The summed E-state index contributed by atoms with van der Waals surface area (Å²) in [5.74, 6) is 0.880. The van der Waals surface area contributed by atoms with Gasteiger partial charge in [-0.05, 0) is 48.6 Å². The van der Waals surface area contributed by atoms with Crippen LogP contribution < -0.4 is 10.1 Å². The predicted molar refractivity (Wildman–Crippen MR) is 87.0 cm³/mol. The highest BCUT2D eigenvalue weighted by molar-refractivity contribution is 7.05. The van der Waals surface area contributed by atoms with Crippen LogP contribution in [0.3, 0.4) is 0 Å². The van der Waals surface area contributed by atoms with E-state index in [9.17, 15) is 0 Å². The predicted octanol–water partition coefficient (Wildman–Crippen LogP) is 3.59. The maximum Gasteiger partial charge on any atom is 0.119 e. The quantitative estimate of drug-likeness (QED) is 0.809. The molecule has 0 bridgehead atoms. The molecular formula is C16H23N3OS. The molecule has 0 radical (unpaired) electrons. The molecule has 4 nitrogen and oxygen atoms in total. The smallest absolute Gasteiger partial charge is 0.119 e. The Balaban J connectivity index is 2.34. The molecular weight excluding hydrogens is 282 g/mol. The first-order valence-corrected chi connectivity index (χ1v) is 8.25. The van der Waals surface area contributed by atoms with E-state index in [0.717, 1.165) is 37.3 Å². The fourth-order valence-corrected chi connectivity index (χ4v) is 3.12. The summed E-state index contributed by atoms with van der Waals surface area (Å²) >= 11 is 1.49. The summed E-state index contributed by atoms with van der Waals surface area (Å²) in [6.07, 6.45) is 3.15. The van der Waals surface area contributed by atoms with E-state index in [0.29, 0.717) is 0 Å². The molecule has 21 heavy (non-hydrogen) atoms. The summed E-state index contributed by atoms with van der Waals surface area (Å²) in [5.41, 5.74) is 2.31. The summed E-state index contributed by atoms with van der Waals surface area (Å²) in [7, 11) is 1.70. The molecule has 0 aliphatic heterocycles. The molecule has 0 saturated heterocycles. The van der Waals surface area contributed by atoms with Crippen LogP contribution in [0.4, 0.5) is 0 Å². The van der Waals surface area contributed by atoms with Crippen molar-refractivity contribution in [2.75, 3.05) is 13.7 Å². The Hall–Kier alpha value is -1.46. The number of aromatic nitrogens is 2. The van der Waals surface area contributed by atoms with E-state index < -0.39 is 0 Å². The van der Waals surface area contributed by atoms with Crippen LogP contribution in [0.25, 0.3) is 0 Å². The third kappa shape index (κ3) is 4.02. The van der Waals surface area contributed by atoms with E-state index in [4.69, 9.17) is 4.74 Å². The Morgan fingerprint density at radius 1 is 1.29 bits per heavy atom. The van der Waals surface area contributed by atoms with E-state index in [1.165, 1.54) is 22.0 Å². The highest BCUT2D eigenvalue weighted by atomic mass is 32.1. The molecule has 0 spiro atoms. The third-order valence-corrected chi connectivity index (χ3v) is 4.19. The van der Waals surface area contributed by atoms with Crippen LogP contribution >= 0.6 is 11.5 Å². The minimum atomic E-state index is 0.140. The van der Waals surface area contributed by atoms with Crippen molar-refractivity contribution in [2.45, 2.75) is 39.2 Å². The molecule has 0 fully saturated rings. The lowest BCUT2D eigenvalue weighted by molar-refractivity contribution is 0.413. The van der Waals surface area contributed by atoms with Gasteiger partial charge in [0.1, 0.15) is 5.75 Å². The van der Waals surface area contributed by atoms with E-state index in [1.807, 2.05) is 12.1 Å². The fraction of sp³-hybridized carbons (Fsp3) is 0.500. The van der Waals surface area contributed by atoms with Crippen molar-refractivity contribution < 1.29 is 4.74 Å². The van der Waals surface area contributed by atoms with Gasteiger partial charge in [0.05, 0.1) is 23.7 Å². The number of aryl methyl sites for hydroxylation is 1. The van der Waals surface area contributed by atoms with Gasteiger partial charge in [-0.2, -0.15) is 0 Å². The lowest BCUT2D eigenvalue weighted by Crippen LogP contribution is -2.23. The van der Waals surface area contributed by atoms with Crippen LogP contribution in [-0.4, -0.2) is 23.2 Å². The Kier molecular flexibility index (Phi) is 6.14. The molecule has 1 heterocycles. The van der Waals surface area contributed by atoms with Gasteiger partial charge in [-0.25, -0.2) is 0 Å². The number of nitrogens with zero attached hydrogens (tertiary/aromatic N) is 2. The van der Waals surface area contributed by atoms with Gasteiger partial charge in [0.15, 0.2) is 0 Å². The van der Waals surface area contributed by atoms with Gasteiger partial charge < -0.3 is 10.1 Å².